The quantitative estimate of drug-likeness (QED) is 0.552. The number of piperidine rings is 1. The lowest BCUT2D eigenvalue weighted by Crippen LogP contribution is -2.52. The van der Waals surface area contributed by atoms with E-state index in [9.17, 15) is 9.59 Å². The number of halogens is 2. The number of nitrogens with zero attached hydrogens (tertiary/aromatic N) is 1. The molecular weight excluding hydrogens is 437 g/mol. The molecule has 31 heavy (non-hydrogen) atoms. The van der Waals surface area contributed by atoms with Crippen LogP contribution in [0.3, 0.4) is 0 Å². The van der Waals surface area contributed by atoms with E-state index in [1.54, 1.807) is 18.2 Å². The average Bonchev–Trinajstić information content (AvgIpc) is 2.73. The second kappa shape index (κ2) is 9.09. The third-order valence-electron chi connectivity index (χ3n) is 5.96. The summed E-state index contributed by atoms with van der Waals surface area (Å²) in [5, 5.41) is 1.01. The fraction of sp³-hybridized carbons (Fsp3) is 0.417. The molecule has 0 saturated carbocycles. The van der Waals surface area contributed by atoms with E-state index in [1.807, 2.05) is 30.0 Å². The Labute approximate surface area is 192 Å². The number of carbonyl (C=O) groups is 2. The van der Waals surface area contributed by atoms with Gasteiger partial charge in [0, 0.05) is 37.4 Å². The molecule has 0 N–H and O–H groups in total. The Hall–Kier alpha value is -2.24. The van der Waals surface area contributed by atoms with Gasteiger partial charge in [-0.15, -0.1) is 0 Å². The fourth-order valence-electron chi connectivity index (χ4n) is 4.21. The van der Waals surface area contributed by atoms with Gasteiger partial charge in [0.2, 0.25) is 5.91 Å². The van der Waals surface area contributed by atoms with E-state index in [2.05, 4.69) is 0 Å². The van der Waals surface area contributed by atoms with Gasteiger partial charge in [0.1, 0.15) is 17.1 Å². The Kier molecular flexibility index (Phi) is 6.44. The maximum absolute atomic E-state index is 12.7. The van der Waals surface area contributed by atoms with E-state index in [4.69, 9.17) is 32.7 Å². The molecule has 0 atom stereocenters. The van der Waals surface area contributed by atoms with Crippen LogP contribution in [0.2, 0.25) is 10.0 Å². The minimum atomic E-state index is -0.495. The van der Waals surface area contributed by atoms with Crippen LogP contribution >= 0.6 is 23.2 Å². The highest BCUT2D eigenvalue weighted by Gasteiger charge is 2.43. The standard InChI is InChI=1S/C24H25Cl2NO4/c1-16-4-6-21-18(13-16)20(28)15-24(31-21)8-10-27(11-9-24)23(29)3-2-12-30-22-7-5-17(25)14-19(22)26/h4-7,13-14H,2-3,8-12,15H2,1H3. The molecule has 7 heteroatoms. The average molecular weight is 462 g/mol. The van der Waals surface area contributed by atoms with Crippen LogP contribution in [0.25, 0.3) is 0 Å². The molecule has 5 nitrogen and oxygen atoms in total. The molecule has 0 bridgehead atoms. The monoisotopic (exact) mass is 461 g/mol. The normalized spacial score (nSPS) is 17.3. The van der Waals surface area contributed by atoms with E-state index >= 15 is 0 Å². The number of rotatable bonds is 5. The van der Waals surface area contributed by atoms with E-state index in [-0.39, 0.29) is 11.7 Å². The predicted molar refractivity (Wildman–Crippen MR) is 120 cm³/mol. The van der Waals surface area contributed by atoms with Crippen molar-refractivity contribution in [3.05, 3.63) is 57.6 Å². The van der Waals surface area contributed by atoms with Crippen molar-refractivity contribution >= 4 is 34.9 Å². The number of hydrogen-bond donors (Lipinski definition) is 0. The van der Waals surface area contributed by atoms with Gasteiger partial charge in [-0.1, -0.05) is 34.8 Å². The fourth-order valence-corrected chi connectivity index (χ4v) is 4.67. The van der Waals surface area contributed by atoms with Gasteiger partial charge >= 0.3 is 0 Å². The van der Waals surface area contributed by atoms with Crippen molar-refractivity contribution in [2.45, 2.75) is 44.6 Å². The largest absolute Gasteiger partial charge is 0.492 e. The zero-order valence-electron chi connectivity index (χ0n) is 17.5. The zero-order valence-corrected chi connectivity index (χ0v) is 19.0. The van der Waals surface area contributed by atoms with E-state index in [0.717, 1.165) is 5.56 Å². The van der Waals surface area contributed by atoms with E-state index in [1.165, 1.54) is 0 Å². The lowest BCUT2D eigenvalue weighted by atomic mass is 9.82. The number of fused-ring (bicyclic) bond motifs is 1. The molecule has 0 aliphatic carbocycles. The summed E-state index contributed by atoms with van der Waals surface area (Å²) in [4.78, 5) is 27.1. The Balaban J connectivity index is 1.25. The summed E-state index contributed by atoms with van der Waals surface area (Å²) in [6, 6.07) is 10.8. The van der Waals surface area contributed by atoms with Crippen LogP contribution in [0, 0.1) is 6.92 Å². The summed E-state index contributed by atoms with van der Waals surface area (Å²) < 4.78 is 11.9. The highest BCUT2D eigenvalue weighted by atomic mass is 35.5. The predicted octanol–water partition coefficient (Wildman–Crippen LogP) is 5.49. The number of Topliss-reactive ketones (excluding diaryl/α,β-unsaturated/α-hetero) is 1. The van der Waals surface area contributed by atoms with Gasteiger partial charge in [-0.25, -0.2) is 0 Å². The minimum Gasteiger partial charge on any atom is -0.492 e. The third-order valence-corrected chi connectivity index (χ3v) is 6.49. The molecule has 1 amide bonds. The van der Waals surface area contributed by atoms with Crippen molar-refractivity contribution < 1.29 is 19.1 Å². The molecule has 0 aromatic heterocycles. The summed E-state index contributed by atoms with van der Waals surface area (Å²) in [5.41, 5.74) is 1.23. The van der Waals surface area contributed by atoms with Gasteiger partial charge in [-0.2, -0.15) is 0 Å². The van der Waals surface area contributed by atoms with Crippen LogP contribution in [0.1, 0.15) is 48.0 Å². The Morgan fingerprint density at radius 1 is 1.16 bits per heavy atom. The molecule has 2 aliphatic rings. The van der Waals surface area contributed by atoms with Crippen molar-refractivity contribution in [1.82, 2.24) is 4.90 Å². The van der Waals surface area contributed by atoms with Gasteiger partial charge in [0.15, 0.2) is 5.78 Å². The topological polar surface area (TPSA) is 55.8 Å². The van der Waals surface area contributed by atoms with Crippen LogP contribution < -0.4 is 9.47 Å². The van der Waals surface area contributed by atoms with Gasteiger partial charge in [-0.3, -0.25) is 9.59 Å². The molecule has 1 fully saturated rings. The highest BCUT2D eigenvalue weighted by Crippen LogP contribution is 2.39. The van der Waals surface area contributed by atoms with Crippen molar-refractivity contribution in [1.29, 1.82) is 0 Å². The van der Waals surface area contributed by atoms with Crippen LogP contribution in [0.15, 0.2) is 36.4 Å². The smallest absolute Gasteiger partial charge is 0.222 e. The van der Waals surface area contributed by atoms with Crippen LogP contribution in [-0.4, -0.2) is 41.9 Å². The number of ether oxygens (including phenoxy) is 2. The summed E-state index contributed by atoms with van der Waals surface area (Å²) in [7, 11) is 0. The first-order valence-electron chi connectivity index (χ1n) is 10.5. The third kappa shape index (κ3) is 4.99. The summed E-state index contributed by atoms with van der Waals surface area (Å²) in [6.07, 6.45) is 2.70. The minimum absolute atomic E-state index is 0.0961. The van der Waals surface area contributed by atoms with E-state index in [0.29, 0.717) is 78.9 Å². The number of benzene rings is 2. The molecular formula is C24H25Cl2NO4. The highest BCUT2D eigenvalue weighted by molar-refractivity contribution is 6.35. The number of likely N-dealkylation sites (tertiary alicyclic amines) is 1. The first kappa shape index (κ1) is 22.0. The maximum Gasteiger partial charge on any atom is 0.222 e. The van der Waals surface area contributed by atoms with Gasteiger partial charge in [0.05, 0.1) is 23.6 Å². The van der Waals surface area contributed by atoms with Crippen LogP contribution in [0.4, 0.5) is 0 Å². The molecule has 1 saturated heterocycles. The number of amides is 1. The summed E-state index contributed by atoms with van der Waals surface area (Å²) in [5.74, 6) is 1.45. The van der Waals surface area contributed by atoms with Crippen LogP contribution in [-0.2, 0) is 4.79 Å². The SMILES string of the molecule is Cc1ccc2c(c1)C(=O)CC1(CCN(C(=O)CCCOc3ccc(Cl)cc3Cl)CC1)O2. The first-order valence-corrected chi connectivity index (χ1v) is 11.3. The second-order valence-corrected chi connectivity index (χ2v) is 9.14. The Morgan fingerprint density at radius 2 is 1.94 bits per heavy atom. The summed E-state index contributed by atoms with van der Waals surface area (Å²) in [6.45, 7) is 3.56. The molecule has 2 heterocycles. The number of hydrogen-bond acceptors (Lipinski definition) is 4. The van der Waals surface area contributed by atoms with Crippen molar-refractivity contribution in [2.75, 3.05) is 19.7 Å². The van der Waals surface area contributed by atoms with E-state index < -0.39 is 5.60 Å². The lowest BCUT2D eigenvalue weighted by molar-refractivity contribution is -0.135. The zero-order chi connectivity index (χ0) is 22.0. The number of ketones is 1. The number of aryl methyl sites for hydroxylation is 1. The molecule has 2 aliphatic heterocycles. The molecule has 0 radical (unpaired) electrons. The first-order chi connectivity index (χ1) is 14.8. The van der Waals surface area contributed by atoms with Gasteiger partial charge < -0.3 is 14.4 Å². The summed E-state index contributed by atoms with van der Waals surface area (Å²) >= 11 is 12.0. The molecule has 2 aromatic rings. The lowest BCUT2D eigenvalue weighted by Gasteiger charge is -2.44. The second-order valence-electron chi connectivity index (χ2n) is 8.29. The number of carbonyl (C=O) groups excluding carboxylic acids is 2. The van der Waals surface area contributed by atoms with Crippen molar-refractivity contribution in [3.63, 3.8) is 0 Å². The molecule has 2 aromatic carbocycles. The molecule has 4 rings (SSSR count). The van der Waals surface area contributed by atoms with Gasteiger partial charge in [-0.05, 0) is 43.7 Å². The van der Waals surface area contributed by atoms with Crippen LogP contribution in [0.5, 0.6) is 11.5 Å². The Morgan fingerprint density at radius 3 is 2.68 bits per heavy atom. The Bertz CT molecular complexity index is 999. The van der Waals surface area contributed by atoms with Crippen molar-refractivity contribution in [3.8, 4) is 11.5 Å². The molecule has 1 spiro atoms. The molecule has 164 valence electrons. The van der Waals surface area contributed by atoms with Crippen molar-refractivity contribution in [2.24, 2.45) is 0 Å². The van der Waals surface area contributed by atoms with Gasteiger partial charge in [0.25, 0.3) is 0 Å². The molecule has 0 unspecified atom stereocenters. The maximum atomic E-state index is 12.7.